The average Bonchev–Trinajstić information content (AvgIpc) is 2.34. The van der Waals surface area contributed by atoms with E-state index in [-0.39, 0.29) is 0 Å². The molecule has 4 heteroatoms. The number of nitrogens with zero attached hydrogens (tertiary/aromatic N) is 2. The predicted octanol–water partition coefficient (Wildman–Crippen LogP) is 1.82. The topological polar surface area (TPSA) is 29.9 Å². The summed E-state index contributed by atoms with van der Waals surface area (Å²) in [5, 5.41) is 8.12. The lowest BCUT2D eigenvalue weighted by atomic mass is 10.2. The zero-order valence-corrected chi connectivity index (χ0v) is 9.10. The van der Waals surface area contributed by atoms with E-state index in [9.17, 15) is 0 Å². The van der Waals surface area contributed by atoms with Crippen molar-refractivity contribution >= 4 is 11.6 Å². The van der Waals surface area contributed by atoms with Gasteiger partial charge in [-0.2, -0.15) is 5.10 Å². The largest absolute Gasteiger partial charge is 0.311 e. The molecule has 3 nitrogen and oxygen atoms in total. The molecule has 1 N–H and O–H groups in total. The van der Waals surface area contributed by atoms with Gasteiger partial charge in [-0.15, -0.1) is 0 Å². The molecule has 0 amide bonds. The van der Waals surface area contributed by atoms with Crippen LogP contribution in [0.15, 0.2) is 6.20 Å². The minimum atomic E-state index is 0.659. The lowest BCUT2D eigenvalue weighted by molar-refractivity contribution is 0.536. The first-order valence-corrected chi connectivity index (χ1v) is 4.86. The van der Waals surface area contributed by atoms with Crippen LogP contribution in [0.1, 0.15) is 19.5 Å². The van der Waals surface area contributed by atoms with Gasteiger partial charge in [-0.05, 0) is 12.5 Å². The summed E-state index contributed by atoms with van der Waals surface area (Å²) in [5.74, 6) is 0.659. The van der Waals surface area contributed by atoms with E-state index >= 15 is 0 Å². The molecule has 0 radical (unpaired) electrons. The van der Waals surface area contributed by atoms with Gasteiger partial charge in [0.2, 0.25) is 0 Å². The van der Waals surface area contributed by atoms with Gasteiger partial charge in [-0.1, -0.05) is 25.4 Å². The lowest BCUT2D eigenvalue weighted by Gasteiger charge is -2.07. The Morgan fingerprint density at radius 2 is 2.31 bits per heavy atom. The number of hydrogen-bond acceptors (Lipinski definition) is 2. The van der Waals surface area contributed by atoms with Crippen LogP contribution < -0.4 is 5.32 Å². The number of nitrogens with one attached hydrogen (secondary N) is 1. The summed E-state index contributed by atoms with van der Waals surface area (Å²) in [4.78, 5) is 0. The Hall–Kier alpha value is -0.540. The van der Waals surface area contributed by atoms with Crippen LogP contribution in [0.25, 0.3) is 0 Å². The van der Waals surface area contributed by atoms with Crippen molar-refractivity contribution in [3.8, 4) is 0 Å². The minimum absolute atomic E-state index is 0.659. The fourth-order valence-corrected chi connectivity index (χ4v) is 1.35. The zero-order valence-electron chi connectivity index (χ0n) is 8.34. The molecule has 0 aromatic carbocycles. The van der Waals surface area contributed by atoms with Gasteiger partial charge in [-0.3, -0.25) is 4.68 Å². The molecule has 1 aromatic heterocycles. The van der Waals surface area contributed by atoms with Gasteiger partial charge in [0, 0.05) is 13.6 Å². The van der Waals surface area contributed by atoms with E-state index in [1.807, 2.05) is 7.05 Å². The Morgan fingerprint density at radius 3 is 2.77 bits per heavy atom. The summed E-state index contributed by atoms with van der Waals surface area (Å²) in [6, 6.07) is 0. The van der Waals surface area contributed by atoms with Crippen molar-refractivity contribution in [3.05, 3.63) is 16.9 Å². The molecule has 0 saturated heterocycles. The fourth-order valence-electron chi connectivity index (χ4n) is 1.11. The summed E-state index contributed by atoms with van der Waals surface area (Å²) in [5.41, 5.74) is 1.04. The number of aryl methyl sites for hydroxylation is 1. The highest BCUT2D eigenvalue weighted by molar-refractivity contribution is 6.31. The minimum Gasteiger partial charge on any atom is -0.311 e. The second kappa shape index (κ2) is 4.63. The third-order valence-electron chi connectivity index (χ3n) is 1.86. The maximum absolute atomic E-state index is 5.94. The molecular weight excluding hydrogens is 186 g/mol. The quantitative estimate of drug-likeness (QED) is 0.806. The zero-order chi connectivity index (χ0) is 9.84. The molecule has 0 unspecified atom stereocenters. The van der Waals surface area contributed by atoms with Gasteiger partial charge >= 0.3 is 0 Å². The van der Waals surface area contributed by atoms with Crippen molar-refractivity contribution in [2.24, 2.45) is 13.0 Å². The maximum atomic E-state index is 5.94. The maximum Gasteiger partial charge on any atom is 0.0831 e. The van der Waals surface area contributed by atoms with E-state index in [1.54, 1.807) is 10.9 Å². The molecule has 0 bridgehead atoms. The Morgan fingerprint density at radius 1 is 1.62 bits per heavy atom. The highest BCUT2D eigenvalue weighted by Gasteiger charge is 2.05. The highest BCUT2D eigenvalue weighted by atomic mass is 35.5. The van der Waals surface area contributed by atoms with Crippen LogP contribution in [0.4, 0.5) is 0 Å². The van der Waals surface area contributed by atoms with Crippen LogP contribution in [-0.2, 0) is 13.6 Å². The third kappa shape index (κ3) is 3.01. The smallest absolute Gasteiger partial charge is 0.0831 e. The normalized spacial score (nSPS) is 11.2. The third-order valence-corrected chi connectivity index (χ3v) is 2.17. The SMILES string of the molecule is CC(C)CNCc1c(Cl)cnn1C. The summed E-state index contributed by atoms with van der Waals surface area (Å²) in [7, 11) is 1.90. The Balaban J connectivity index is 2.44. The molecule has 0 fully saturated rings. The van der Waals surface area contributed by atoms with Gasteiger partial charge in [0.1, 0.15) is 0 Å². The van der Waals surface area contributed by atoms with Crippen molar-refractivity contribution < 1.29 is 0 Å². The monoisotopic (exact) mass is 201 g/mol. The standard InChI is InChI=1S/C9H16ClN3/c1-7(2)4-11-6-9-8(10)5-12-13(9)3/h5,7,11H,4,6H2,1-3H3. The second-order valence-electron chi connectivity index (χ2n) is 3.59. The second-order valence-corrected chi connectivity index (χ2v) is 3.99. The van der Waals surface area contributed by atoms with Crippen LogP contribution in [0.2, 0.25) is 5.02 Å². The first kappa shape index (κ1) is 10.5. The molecule has 0 aliphatic carbocycles. The summed E-state index contributed by atoms with van der Waals surface area (Å²) in [6.07, 6.45) is 1.67. The van der Waals surface area contributed by atoms with Gasteiger partial charge in [0.05, 0.1) is 16.9 Å². The van der Waals surface area contributed by atoms with E-state index < -0.39 is 0 Å². The van der Waals surface area contributed by atoms with Gasteiger partial charge < -0.3 is 5.32 Å². The van der Waals surface area contributed by atoms with Crippen LogP contribution in [0.3, 0.4) is 0 Å². The fraction of sp³-hybridized carbons (Fsp3) is 0.667. The first-order chi connectivity index (χ1) is 6.11. The number of halogens is 1. The van der Waals surface area contributed by atoms with E-state index in [0.29, 0.717) is 5.92 Å². The molecule has 0 saturated carbocycles. The highest BCUT2D eigenvalue weighted by Crippen LogP contribution is 2.13. The lowest BCUT2D eigenvalue weighted by Crippen LogP contribution is -2.20. The predicted molar refractivity (Wildman–Crippen MR) is 54.8 cm³/mol. The van der Waals surface area contributed by atoms with Crippen molar-refractivity contribution in [1.82, 2.24) is 15.1 Å². The molecule has 74 valence electrons. The number of rotatable bonds is 4. The van der Waals surface area contributed by atoms with Crippen LogP contribution in [0.5, 0.6) is 0 Å². The molecule has 13 heavy (non-hydrogen) atoms. The molecule has 0 aliphatic heterocycles. The van der Waals surface area contributed by atoms with Gasteiger partial charge in [0.25, 0.3) is 0 Å². The van der Waals surface area contributed by atoms with E-state index in [0.717, 1.165) is 23.8 Å². The van der Waals surface area contributed by atoms with Crippen molar-refractivity contribution in [1.29, 1.82) is 0 Å². The first-order valence-electron chi connectivity index (χ1n) is 4.48. The molecule has 1 aromatic rings. The van der Waals surface area contributed by atoms with Crippen molar-refractivity contribution in [3.63, 3.8) is 0 Å². The van der Waals surface area contributed by atoms with Crippen LogP contribution >= 0.6 is 11.6 Å². The molecule has 0 atom stereocenters. The molecule has 1 heterocycles. The number of hydrogen-bond donors (Lipinski definition) is 1. The Kier molecular flexibility index (Phi) is 3.75. The van der Waals surface area contributed by atoms with Gasteiger partial charge in [0.15, 0.2) is 0 Å². The average molecular weight is 202 g/mol. The molecule has 1 rings (SSSR count). The molecular formula is C9H16ClN3. The Bertz CT molecular complexity index is 248. The van der Waals surface area contributed by atoms with Crippen molar-refractivity contribution in [2.45, 2.75) is 20.4 Å². The summed E-state index contributed by atoms with van der Waals surface area (Å²) < 4.78 is 1.80. The van der Waals surface area contributed by atoms with Crippen LogP contribution in [0, 0.1) is 5.92 Å². The van der Waals surface area contributed by atoms with Gasteiger partial charge in [-0.25, -0.2) is 0 Å². The summed E-state index contributed by atoms with van der Waals surface area (Å²) >= 11 is 5.94. The Labute approximate surface area is 84.1 Å². The van der Waals surface area contributed by atoms with E-state index in [4.69, 9.17) is 11.6 Å². The van der Waals surface area contributed by atoms with Crippen LogP contribution in [-0.4, -0.2) is 16.3 Å². The van der Waals surface area contributed by atoms with Crippen molar-refractivity contribution in [2.75, 3.05) is 6.54 Å². The van der Waals surface area contributed by atoms with E-state index in [2.05, 4.69) is 24.3 Å². The molecule has 0 spiro atoms. The van der Waals surface area contributed by atoms with E-state index in [1.165, 1.54) is 0 Å². The summed E-state index contributed by atoms with van der Waals surface area (Å²) in [6.45, 7) is 6.14. The number of aromatic nitrogens is 2. The molecule has 0 aliphatic rings.